The maximum absolute atomic E-state index is 9.55. The lowest BCUT2D eigenvalue weighted by Crippen LogP contribution is -1.96. The highest BCUT2D eigenvalue weighted by Crippen LogP contribution is 2.37. The number of rotatable bonds is 13. The average molecular weight is 991 g/mol. The number of aryl methyl sites for hydroxylation is 1. The zero-order valence-corrected chi connectivity index (χ0v) is 45.4. The van der Waals surface area contributed by atoms with E-state index >= 15 is 0 Å². The number of allylic oxidation sites excluding steroid dienone is 17. The molecule has 0 aromatic heterocycles. The lowest BCUT2D eigenvalue weighted by Gasteiger charge is -2.17. The number of nitrogens with zero attached hydrogens (tertiary/aromatic N) is 4. The Bertz CT molecular complexity index is 3390. The van der Waals surface area contributed by atoms with Gasteiger partial charge in [0.2, 0.25) is 0 Å². The Morgan fingerprint density at radius 3 is 1.78 bits per heavy atom. The summed E-state index contributed by atoms with van der Waals surface area (Å²) in [6, 6.07) is 55.7. The monoisotopic (exact) mass is 991 g/mol. The average Bonchev–Trinajstić information content (AvgIpc) is 3.47. The second-order valence-corrected chi connectivity index (χ2v) is 18.7. The van der Waals surface area contributed by atoms with Crippen LogP contribution in [0, 0.1) is 64.1 Å². The molecule has 0 aliphatic heterocycles. The standard InChI is InChI=1S/C53H44N2.C9H11N.C8H9N.C2H6/c1-4-42(45-17-8-13-40(28-45)35-54)15-6-5-12-39-26-49(44-16-7-11-38(3)25-44)31-50(27-39)53-33-51(43-23-21-37(2)22-24-43)32-52(34-53)48-20-10-19-47(30-48)46-18-9-14-41(29-46)36-55;1-3-9(2)7-5-4-6-8-10;1-7-3-2-4-8(5-7)6-9;1-2/h5-11,13-21,23-34,37H,4,12,22H2,1-3H3;3-5,7H,1,6H2,2H3;2,4-5,7H,3H2,1H3;1-2H3/b6-5-,42-15+;5-4-,9-7-;;. The van der Waals surface area contributed by atoms with Gasteiger partial charge in [-0.05, 0) is 184 Å². The topological polar surface area (TPSA) is 95.2 Å². The summed E-state index contributed by atoms with van der Waals surface area (Å²) in [7, 11) is 0. The van der Waals surface area contributed by atoms with Gasteiger partial charge in [-0.15, -0.1) is 0 Å². The van der Waals surface area contributed by atoms with Crippen LogP contribution < -0.4 is 0 Å². The molecule has 0 radical (unpaired) electrons. The Kier molecular flexibility index (Phi) is 23.5. The smallest absolute Gasteiger partial charge is 0.0991 e. The molecule has 2 atom stereocenters. The molecule has 8 rings (SSSR count). The Morgan fingerprint density at radius 2 is 1.17 bits per heavy atom. The van der Waals surface area contributed by atoms with Crippen molar-refractivity contribution in [3.8, 4) is 68.8 Å². The number of benzene rings is 6. The van der Waals surface area contributed by atoms with E-state index in [4.69, 9.17) is 10.5 Å². The molecule has 378 valence electrons. The number of hydrogen-bond donors (Lipinski definition) is 0. The van der Waals surface area contributed by atoms with E-state index in [0.29, 0.717) is 29.4 Å². The van der Waals surface area contributed by atoms with E-state index in [1.54, 1.807) is 6.08 Å². The molecule has 0 N–H and O–H groups in total. The molecule has 0 amide bonds. The van der Waals surface area contributed by atoms with Crippen LogP contribution in [-0.4, -0.2) is 0 Å². The molecular weight excluding hydrogens is 921 g/mol. The minimum Gasteiger partial charge on any atom is -0.198 e. The van der Waals surface area contributed by atoms with Crippen LogP contribution in [0.3, 0.4) is 0 Å². The number of nitriles is 4. The lowest BCUT2D eigenvalue weighted by atomic mass is 9.88. The minimum atomic E-state index is 0.473. The Balaban J connectivity index is 0.000000425. The van der Waals surface area contributed by atoms with E-state index in [1.807, 2.05) is 99.7 Å². The van der Waals surface area contributed by atoms with Crippen molar-refractivity contribution in [3.05, 3.63) is 264 Å². The minimum absolute atomic E-state index is 0.473. The van der Waals surface area contributed by atoms with Crippen LogP contribution in [0.1, 0.15) is 101 Å². The molecule has 2 aliphatic carbocycles. The Hall–Kier alpha value is -9.06. The van der Waals surface area contributed by atoms with Crippen molar-refractivity contribution >= 4 is 11.1 Å². The fourth-order valence-corrected chi connectivity index (χ4v) is 8.60. The first-order valence-corrected chi connectivity index (χ1v) is 26.4. The molecule has 6 aromatic carbocycles. The summed E-state index contributed by atoms with van der Waals surface area (Å²) < 4.78 is 0. The third kappa shape index (κ3) is 17.9. The summed E-state index contributed by atoms with van der Waals surface area (Å²) in [6.07, 6.45) is 31.0. The van der Waals surface area contributed by atoms with Gasteiger partial charge in [-0.25, -0.2) is 0 Å². The van der Waals surface area contributed by atoms with Crippen LogP contribution in [0.2, 0.25) is 0 Å². The van der Waals surface area contributed by atoms with E-state index in [2.05, 4.69) is 186 Å². The quantitative estimate of drug-likeness (QED) is 0.108. The molecule has 2 aliphatic rings. The zero-order valence-electron chi connectivity index (χ0n) is 45.4. The highest BCUT2D eigenvalue weighted by atomic mass is 14.3. The van der Waals surface area contributed by atoms with Gasteiger partial charge in [0.25, 0.3) is 0 Å². The van der Waals surface area contributed by atoms with Gasteiger partial charge < -0.3 is 0 Å². The highest BCUT2D eigenvalue weighted by Gasteiger charge is 2.14. The van der Waals surface area contributed by atoms with Crippen molar-refractivity contribution in [3.63, 3.8) is 0 Å². The molecule has 4 heteroatoms. The fraction of sp³-hybridized carbons (Fsp3) is 0.194. The summed E-state index contributed by atoms with van der Waals surface area (Å²) >= 11 is 0. The van der Waals surface area contributed by atoms with Crippen molar-refractivity contribution in [2.45, 2.75) is 80.6 Å². The van der Waals surface area contributed by atoms with Gasteiger partial charge in [-0.2, -0.15) is 21.0 Å². The summed E-state index contributed by atoms with van der Waals surface area (Å²) in [5.41, 5.74) is 19.6. The van der Waals surface area contributed by atoms with Gasteiger partial charge in [0.1, 0.15) is 0 Å². The van der Waals surface area contributed by atoms with Gasteiger partial charge >= 0.3 is 0 Å². The summed E-state index contributed by atoms with van der Waals surface area (Å²) in [5.74, 6) is 1.07. The van der Waals surface area contributed by atoms with Crippen LogP contribution in [0.4, 0.5) is 0 Å². The van der Waals surface area contributed by atoms with Gasteiger partial charge in [-0.1, -0.05) is 204 Å². The van der Waals surface area contributed by atoms with Crippen LogP contribution in [0.5, 0.6) is 0 Å². The maximum Gasteiger partial charge on any atom is 0.0991 e. The van der Waals surface area contributed by atoms with E-state index in [1.165, 1.54) is 50.1 Å². The Morgan fingerprint density at radius 1 is 0.605 bits per heavy atom. The molecule has 76 heavy (non-hydrogen) atoms. The van der Waals surface area contributed by atoms with Gasteiger partial charge in [0.05, 0.1) is 41.8 Å². The predicted octanol–water partition coefficient (Wildman–Crippen LogP) is 19.6. The van der Waals surface area contributed by atoms with E-state index < -0.39 is 0 Å². The van der Waals surface area contributed by atoms with E-state index in [9.17, 15) is 10.5 Å². The van der Waals surface area contributed by atoms with Gasteiger partial charge in [0.15, 0.2) is 0 Å². The third-order valence-electron chi connectivity index (χ3n) is 12.7. The maximum atomic E-state index is 9.55. The summed E-state index contributed by atoms with van der Waals surface area (Å²) in [6.45, 7) is 18.2. The SMILES string of the molecule is C=C/C(C)=C\C=C/CC#N.CC.CC/C(=C\C=C/Cc1cc(-c2cccc(C)c2)cc(-c2cc(C3=CCC(C)C=C3)cc(-c3cccc(-c4cccc(C#N)c4)c3)c2)c1)c1cccc(C#N)c1.CC1C=C(C#N)C=CC1. The van der Waals surface area contributed by atoms with Crippen molar-refractivity contribution < 1.29 is 0 Å². The molecule has 0 bridgehead atoms. The molecule has 0 fully saturated rings. The number of hydrogen-bond acceptors (Lipinski definition) is 4. The van der Waals surface area contributed by atoms with E-state index in [-0.39, 0.29) is 0 Å². The van der Waals surface area contributed by atoms with Crippen molar-refractivity contribution in [2.24, 2.45) is 11.8 Å². The molecule has 0 saturated carbocycles. The van der Waals surface area contributed by atoms with Crippen molar-refractivity contribution in [1.82, 2.24) is 0 Å². The van der Waals surface area contributed by atoms with Gasteiger partial charge in [0, 0.05) is 5.57 Å². The second kappa shape index (κ2) is 30.9. The molecule has 2 unspecified atom stereocenters. The molecule has 0 saturated heterocycles. The largest absolute Gasteiger partial charge is 0.198 e. The molecule has 4 nitrogen and oxygen atoms in total. The fourth-order valence-electron chi connectivity index (χ4n) is 8.60. The first-order chi connectivity index (χ1) is 37.0. The highest BCUT2D eigenvalue weighted by molar-refractivity contribution is 5.86. The van der Waals surface area contributed by atoms with E-state index in [0.717, 1.165) is 64.6 Å². The lowest BCUT2D eigenvalue weighted by molar-refractivity contribution is 0.732. The molecule has 0 heterocycles. The van der Waals surface area contributed by atoms with Crippen molar-refractivity contribution in [2.75, 3.05) is 0 Å². The van der Waals surface area contributed by atoms with Crippen molar-refractivity contribution in [1.29, 1.82) is 21.0 Å². The normalized spacial score (nSPS) is 14.7. The predicted molar refractivity (Wildman–Crippen MR) is 322 cm³/mol. The second-order valence-electron chi connectivity index (χ2n) is 18.7. The van der Waals surface area contributed by atoms with Crippen LogP contribution in [0.15, 0.2) is 230 Å². The van der Waals surface area contributed by atoms with Crippen LogP contribution >= 0.6 is 0 Å². The first kappa shape index (κ1) is 57.8. The molecule has 6 aromatic rings. The molecular formula is C72H70N4. The van der Waals surface area contributed by atoms with Crippen LogP contribution in [-0.2, 0) is 6.42 Å². The van der Waals surface area contributed by atoms with Gasteiger partial charge in [-0.3, -0.25) is 0 Å². The van der Waals surface area contributed by atoms with Crippen LogP contribution in [0.25, 0.3) is 55.7 Å². The third-order valence-corrected chi connectivity index (χ3v) is 12.7. The first-order valence-electron chi connectivity index (χ1n) is 26.4. The zero-order chi connectivity index (χ0) is 54.7. The molecule has 0 spiro atoms. The summed E-state index contributed by atoms with van der Waals surface area (Å²) in [4.78, 5) is 0. The summed E-state index contributed by atoms with van der Waals surface area (Å²) in [5, 5.41) is 35.6. The Labute approximate surface area is 454 Å².